The minimum atomic E-state index is 0.240. The van der Waals surface area contributed by atoms with Gasteiger partial charge in [-0.05, 0) is 24.8 Å². The summed E-state index contributed by atoms with van der Waals surface area (Å²) in [4.78, 5) is 0. The van der Waals surface area contributed by atoms with Gasteiger partial charge in [0, 0.05) is 18.7 Å². The fraction of sp³-hybridized carbons (Fsp3) is 0.800. The van der Waals surface area contributed by atoms with Gasteiger partial charge in [0.25, 0.3) is 0 Å². The van der Waals surface area contributed by atoms with Gasteiger partial charge in [0.15, 0.2) is 0 Å². The first-order chi connectivity index (χ1) is 8.70. The molecule has 1 aromatic heterocycles. The van der Waals surface area contributed by atoms with Crippen molar-refractivity contribution in [1.29, 1.82) is 0 Å². The maximum atomic E-state index is 6.20. The van der Waals surface area contributed by atoms with Crippen LogP contribution in [0.15, 0.2) is 12.3 Å². The molecule has 1 fully saturated rings. The van der Waals surface area contributed by atoms with Crippen molar-refractivity contribution >= 4 is 0 Å². The standard InChI is InChI=1S/C15H27N3/c1-3-12(2)15(16)11-13-9-10-18(17-13)14-7-5-4-6-8-14/h9-10,12,14-15H,3-8,11,16H2,1-2H3. The van der Waals surface area contributed by atoms with Crippen molar-refractivity contribution in [1.82, 2.24) is 9.78 Å². The number of nitrogens with two attached hydrogens (primary N) is 1. The Bertz CT molecular complexity index is 352. The van der Waals surface area contributed by atoms with E-state index in [1.165, 1.54) is 32.1 Å². The van der Waals surface area contributed by atoms with E-state index in [0.29, 0.717) is 12.0 Å². The molecule has 2 atom stereocenters. The fourth-order valence-corrected chi connectivity index (χ4v) is 2.78. The largest absolute Gasteiger partial charge is 0.327 e. The molecule has 0 spiro atoms. The summed E-state index contributed by atoms with van der Waals surface area (Å²) in [5, 5.41) is 4.73. The highest BCUT2D eigenvalue weighted by atomic mass is 15.3. The van der Waals surface area contributed by atoms with Crippen LogP contribution >= 0.6 is 0 Å². The summed E-state index contributed by atoms with van der Waals surface area (Å²) in [5.41, 5.74) is 7.36. The molecular weight excluding hydrogens is 222 g/mol. The molecule has 102 valence electrons. The minimum Gasteiger partial charge on any atom is -0.327 e. The van der Waals surface area contributed by atoms with Gasteiger partial charge in [-0.2, -0.15) is 5.10 Å². The maximum Gasteiger partial charge on any atom is 0.0640 e. The van der Waals surface area contributed by atoms with Gasteiger partial charge in [-0.25, -0.2) is 0 Å². The summed E-state index contributed by atoms with van der Waals surface area (Å²) in [6.07, 6.45) is 10.9. The number of hydrogen-bond acceptors (Lipinski definition) is 2. The van der Waals surface area contributed by atoms with Gasteiger partial charge in [0.1, 0.15) is 0 Å². The normalized spacial score (nSPS) is 20.8. The fourth-order valence-electron chi connectivity index (χ4n) is 2.78. The molecule has 1 saturated carbocycles. The Balaban J connectivity index is 1.93. The summed E-state index contributed by atoms with van der Waals surface area (Å²) in [6.45, 7) is 4.42. The zero-order valence-corrected chi connectivity index (χ0v) is 11.8. The summed E-state index contributed by atoms with van der Waals surface area (Å²) >= 11 is 0. The van der Waals surface area contributed by atoms with Crippen molar-refractivity contribution in [3.05, 3.63) is 18.0 Å². The van der Waals surface area contributed by atoms with Crippen LogP contribution in [0, 0.1) is 5.92 Å². The predicted octanol–water partition coefficient (Wildman–Crippen LogP) is 3.30. The molecular formula is C15H27N3. The van der Waals surface area contributed by atoms with Crippen LogP contribution in [0.5, 0.6) is 0 Å². The first kappa shape index (κ1) is 13.6. The van der Waals surface area contributed by atoms with Gasteiger partial charge in [0.2, 0.25) is 0 Å². The van der Waals surface area contributed by atoms with E-state index in [1.807, 2.05) is 0 Å². The Labute approximate surface area is 111 Å². The number of aromatic nitrogens is 2. The van der Waals surface area contributed by atoms with E-state index in [2.05, 4.69) is 30.8 Å². The molecule has 1 heterocycles. The smallest absolute Gasteiger partial charge is 0.0640 e. The molecule has 0 aliphatic heterocycles. The Morgan fingerprint density at radius 2 is 2.11 bits per heavy atom. The highest BCUT2D eigenvalue weighted by molar-refractivity contribution is 5.02. The molecule has 2 unspecified atom stereocenters. The Morgan fingerprint density at radius 3 is 2.78 bits per heavy atom. The molecule has 1 aromatic rings. The van der Waals surface area contributed by atoms with Crippen molar-refractivity contribution in [3.8, 4) is 0 Å². The topological polar surface area (TPSA) is 43.8 Å². The van der Waals surface area contributed by atoms with Gasteiger partial charge in [-0.3, -0.25) is 4.68 Å². The average Bonchev–Trinajstić information content (AvgIpc) is 2.87. The monoisotopic (exact) mass is 249 g/mol. The Hall–Kier alpha value is -0.830. The second kappa shape index (κ2) is 6.37. The molecule has 1 aliphatic carbocycles. The minimum absolute atomic E-state index is 0.240. The van der Waals surface area contributed by atoms with Crippen LogP contribution in [0.1, 0.15) is 64.1 Å². The van der Waals surface area contributed by atoms with Crippen LogP contribution in [0.3, 0.4) is 0 Å². The molecule has 18 heavy (non-hydrogen) atoms. The van der Waals surface area contributed by atoms with Crippen molar-refractivity contribution in [2.45, 2.75) is 70.9 Å². The van der Waals surface area contributed by atoms with E-state index in [0.717, 1.165) is 18.5 Å². The van der Waals surface area contributed by atoms with Gasteiger partial charge in [0.05, 0.1) is 11.7 Å². The summed E-state index contributed by atoms with van der Waals surface area (Å²) in [7, 11) is 0. The molecule has 0 saturated heterocycles. The molecule has 3 nitrogen and oxygen atoms in total. The second-order valence-electron chi connectivity index (χ2n) is 5.83. The molecule has 1 aliphatic rings. The van der Waals surface area contributed by atoms with E-state index >= 15 is 0 Å². The molecule has 2 rings (SSSR count). The molecule has 0 bridgehead atoms. The highest BCUT2D eigenvalue weighted by Crippen LogP contribution is 2.27. The SMILES string of the molecule is CCC(C)C(N)Cc1ccn(C2CCCCC2)n1. The van der Waals surface area contributed by atoms with Crippen molar-refractivity contribution in [3.63, 3.8) is 0 Å². The lowest BCUT2D eigenvalue weighted by molar-refractivity contribution is 0.327. The third kappa shape index (κ3) is 3.35. The van der Waals surface area contributed by atoms with E-state index in [4.69, 9.17) is 10.8 Å². The number of nitrogens with zero attached hydrogens (tertiary/aromatic N) is 2. The van der Waals surface area contributed by atoms with Crippen molar-refractivity contribution in [2.24, 2.45) is 11.7 Å². The van der Waals surface area contributed by atoms with Gasteiger partial charge < -0.3 is 5.73 Å². The average molecular weight is 249 g/mol. The molecule has 0 amide bonds. The van der Waals surface area contributed by atoms with Crippen LogP contribution in [0.4, 0.5) is 0 Å². The second-order valence-corrected chi connectivity index (χ2v) is 5.83. The first-order valence-electron chi connectivity index (χ1n) is 7.50. The summed E-state index contributed by atoms with van der Waals surface area (Å²) in [5.74, 6) is 0.574. The Kier molecular flexibility index (Phi) is 4.81. The lowest BCUT2D eigenvalue weighted by atomic mass is 9.96. The van der Waals surface area contributed by atoms with Crippen LogP contribution in [-0.2, 0) is 6.42 Å². The first-order valence-corrected chi connectivity index (χ1v) is 7.50. The van der Waals surface area contributed by atoms with Crippen molar-refractivity contribution < 1.29 is 0 Å². The van der Waals surface area contributed by atoms with E-state index in [-0.39, 0.29) is 6.04 Å². The molecule has 0 aromatic carbocycles. The van der Waals surface area contributed by atoms with Crippen LogP contribution in [0.25, 0.3) is 0 Å². The van der Waals surface area contributed by atoms with Crippen LogP contribution < -0.4 is 5.73 Å². The van der Waals surface area contributed by atoms with Gasteiger partial charge in [-0.1, -0.05) is 39.5 Å². The lowest BCUT2D eigenvalue weighted by Crippen LogP contribution is -2.30. The highest BCUT2D eigenvalue weighted by Gasteiger charge is 2.17. The predicted molar refractivity (Wildman–Crippen MR) is 75.5 cm³/mol. The number of rotatable bonds is 5. The molecule has 0 radical (unpaired) electrons. The summed E-state index contributed by atoms with van der Waals surface area (Å²) in [6, 6.07) is 3.02. The molecule has 3 heteroatoms. The van der Waals surface area contributed by atoms with Crippen LogP contribution in [0.2, 0.25) is 0 Å². The van der Waals surface area contributed by atoms with Crippen molar-refractivity contribution in [2.75, 3.05) is 0 Å². The number of hydrogen-bond donors (Lipinski definition) is 1. The van der Waals surface area contributed by atoms with E-state index in [9.17, 15) is 0 Å². The van der Waals surface area contributed by atoms with E-state index < -0.39 is 0 Å². The third-order valence-corrected chi connectivity index (χ3v) is 4.43. The zero-order chi connectivity index (χ0) is 13.0. The van der Waals surface area contributed by atoms with Gasteiger partial charge >= 0.3 is 0 Å². The maximum absolute atomic E-state index is 6.20. The Morgan fingerprint density at radius 1 is 1.39 bits per heavy atom. The molecule has 2 N–H and O–H groups in total. The summed E-state index contributed by atoms with van der Waals surface area (Å²) < 4.78 is 2.18. The zero-order valence-electron chi connectivity index (χ0n) is 11.8. The van der Waals surface area contributed by atoms with Gasteiger partial charge in [-0.15, -0.1) is 0 Å². The lowest BCUT2D eigenvalue weighted by Gasteiger charge is -2.22. The quantitative estimate of drug-likeness (QED) is 0.870. The van der Waals surface area contributed by atoms with E-state index in [1.54, 1.807) is 0 Å². The van der Waals surface area contributed by atoms with Crippen LogP contribution in [-0.4, -0.2) is 15.8 Å². The third-order valence-electron chi connectivity index (χ3n) is 4.43.